The molecule has 0 spiro atoms. The molecule has 0 atom stereocenters. The lowest BCUT2D eigenvalue weighted by atomic mass is 10.0. The second-order valence-corrected chi connectivity index (χ2v) is 10.1. The zero-order valence-corrected chi connectivity index (χ0v) is 19.4. The Morgan fingerprint density at radius 2 is 1.82 bits per heavy atom. The molecule has 1 aliphatic rings. The van der Waals surface area contributed by atoms with Crippen LogP contribution in [0.25, 0.3) is 16.8 Å². The number of benzene rings is 3. The van der Waals surface area contributed by atoms with E-state index in [9.17, 15) is 23.4 Å². The van der Waals surface area contributed by atoms with E-state index in [2.05, 4.69) is 0 Å². The molecule has 0 aliphatic carbocycles. The van der Waals surface area contributed by atoms with E-state index in [0.717, 1.165) is 21.5 Å². The van der Waals surface area contributed by atoms with Crippen LogP contribution < -0.4 is 13.8 Å². The molecule has 0 bridgehead atoms. The normalized spacial score (nSPS) is 15.4. The predicted octanol–water partition coefficient (Wildman–Crippen LogP) is 4.24. The summed E-state index contributed by atoms with van der Waals surface area (Å²) in [6.45, 7) is 3.44. The highest BCUT2D eigenvalue weighted by molar-refractivity contribution is 7.91. The summed E-state index contributed by atoms with van der Waals surface area (Å²) in [5.74, 6) is -1.18. The average Bonchev–Trinajstić information content (AvgIpc) is 3.04. The molecule has 1 aliphatic heterocycles. The molecule has 3 aromatic rings. The zero-order chi connectivity index (χ0) is 24.5. The van der Waals surface area contributed by atoms with Crippen molar-refractivity contribution in [2.75, 3.05) is 4.31 Å². The van der Waals surface area contributed by atoms with Crippen molar-refractivity contribution in [1.29, 1.82) is 0 Å². The molecular weight excluding hydrogens is 456 g/mol. The van der Waals surface area contributed by atoms with E-state index in [1.54, 1.807) is 56.3 Å². The molecule has 34 heavy (non-hydrogen) atoms. The van der Waals surface area contributed by atoms with Crippen molar-refractivity contribution in [3.05, 3.63) is 89.9 Å². The second kappa shape index (κ2) is 8.85. The molecule has 9 heteroatoms. The SMILES string of the molecule is CC(C)(O)CC=Cc1ccc2cc(OC(=O)c3ccccc3)c(N3C=C(O)NS3(=O)=O)cc2c1. The minimum atomic E-state index is -4.11. The number of ether oxygens (including phenoxy) is 1. The van der Waals surface area contributed by atoms with Crippen LogP contribution in [-0.4, -0.2) is 30.2 Å². The lowest BCUT2D eigenvalue weighted by molar-refractivity contribution is 0.0735. The highest BCUT2D eigenvalue weighted by atomic mass is 32.2. The third-order valence-electron chi connectivity index (χ3n) is 5.05. The minimum Gasteiger partial charge on any atom is -0.493 e. The van der Waals surface area contributed by atoms with Crippen LogP contribution in [0.4, 0.5) is 5.69 Å². The van der Waals surface area contributed by atoms with E-state index in [1.807, 2.05) is 35.1 Å². The molecule has 0 fully saturated rings. The van der Waals surface area contributed by atoms with Gasteiger partial charge in [0.2, 0.25) is 5.88 Å². The molecule has 0 unspecified atom stereocenters. The molecule has 0 radical (unpaired) electrons. The lowest BCUT2D eigenvalue weighted by Crippen LogP contribution is -2.30. The molecule has 0 aromatic heterocycles. The largest absolute Gasteiger partial charge is 0.493 e. The van der Waals surface area contributed by atoms with E-state index in [-0.39, 0.29) is 11.4 Å². The van der Waals surface area contributed by atoms with Crippen LogP contribution in [0.2, 0.25) is 0 Å². The number of esters is 1. The van der Waals surface area contributed by atoms with Gasteiger partial charge < -0.3 is 14.9 Å². The van der Waals surface area contributed by atoms with Gasteiger partial charge in [-0.05, 0) is 66.9 Å². The van der Waals surface area contributed by atoms with Gasteiger partial charge in [-0.3, -0.25) is 0 Å². The Hall–Kier alpha value is -3.82. The fraction of sp³-hybridized carbons (Fsp3) is 0.160. The Bertz CT molecular complexity index is 1410. The van der Waals surface area contributed by atoms with Crippen molar-refractivity contribution in [3.8, 4) is 5.75 Å². The smallest absolute Gasteiger partial charge is 0.343 e. The number of hydrogen-bond acceptors (Lipinski definition) is 6. The van der Waals surface area contributed by atoms with Gasteiger partial charge in [-0.1, -0.05) is 42.5 Å². The van der Waals surface area contributed by atoms with Crippen molar-refractivity contribution in [1.82, 2.24) is 4.72 Å². The monoisotopic (exact) mass is 480 g/mol. The van der Waals surface area contributed by atoms with Crippen LogP contribution in [-0.2, 0) is 10.2 Å². The number of aliphatic hydroxyl groups excluding tert-OH is 1. The molecule has 1 heterocycles. The van der Waals surface area contributed by atoms with Crippen LogP contribution in [0, 0.1) is 0 Å². The quantitative estimate of drug-likeness (QED) is 0.359. The molecule has 8 nitrogen and oxygen atoms in total. The zero-order valence-electron chi connectivity index (χ0n) is 18.6. The third kappa shape index (κ3) is 5.22. The van der Waals surface area contributed by atoms with Gasteiger partial charge in [0.1, 0.15) is 5.69 Å². The molecule has 3 N–H and O–H groups in total. The van der Waals surface area contributed by atoms with Gasteiger partial charge >= 0.3 is 16.2 Å². The van der Waals surface area contributed by atoms with Gasteiger partial charge in [-0.25, -0.2) is 13.8 Å². The Morgan fingerprint density at radius 1 is 1.09 bits per heavy atom. The fourth-order valence-corrected chi connectivity index (χ4v) is 4.50. The maximum absolute atomic E-state index is 12.7. The molecule has 0 saturated carbocycles. The second-order valence-electron chi connectivity index (χ2n) is 8.52. The third-order valence-corrected chi connectivity index (χ3v) is 6.34. The van der Waals surface area contributed by atoms with Crippen LogP contribution in [0.1, 0.15) is 36.2 Å². The summed E-state index contributed by atoms with van der Waals surface area (Å²) in [7, 11) is -4.11. The molecule has 176 valence electrons. The predicted molar refractivity (Wildman–Crippen MR) is 131 cm³/mol. The number of rotatable bonds is 6. The molecular formula is C25H24N2O6S. The standard InChI is InChI=1S/C25H24N2O6S/c1-25(2,30)12-6-7-17-10-11-19-15-22(33-24(29)18-8-4-3-5-9-18)21(14-20(19)13-17)27-16-23(28)26-34(27,31)32/h3-11,13-16,26,28,30H,12H2,1-2H3. The van der Waals surface area contributed by atoms with Gasteiger partial charge in [0.25, 0.3) is 0 Å². The van der Waals surface area contributed by atoms with E-state index in [1.165, 1.54) is 0 Å². The number of carbonyl (C=O) groups excluding carboxylic acids is 1. The number of fused-ring (bicyclic) bond motifs is 1. The highest BCUT2D eigenvalue weighted by Gasteiger charge is 2.32. The minimum absolute atomic E-state index is 0.0167. The van der Waals surface area contributed by atoms with Crippen molar-refractivity contribution < 1.29 is 28.2 Å². The van der Waals surface area contributed by atoms with E-state index in [0.29, 0.717) is 17.4 Å². The van der Waals surface area contributed by atoms with Crippen molar-refractivity contribution >= 4 is 38.7 Å². The number of carbonyl (C=O) groups is 1. The molecule has 0 saturated heterocycles. The van der Waals surface area contributed by atoms with Crippen molar-refractivity contribution in [2.24, 2.45) is 0 Å². The Kier molecular flexibility index (Phi) is 6.07. The van der Waals surface area contributed by atoms with Crippen molar-refractivity contribution in [3.63, 3.8) is 0 Å². The summed E-state index contributed by atoms with van der Waals surface area (Å²) < 4.78 is 33.5. The Morgan fingerprint density at radius 3 is 2.47 bits per heavy atom. The summed E-state index contributed by atoms with van der Waals surface area (Å²) >= 11 is 0. The number of aliphatic hydroxyl groups is 2. The van der Waals surface area contributed by atoms with E-state index >= 15 is 0 Å². The van der Waals surface area contributed by atoms with Gasteiger partial charge in [0.05, 0.1) is 17.4 Å². The van der Waals surface area contributed by atoms with E-state index in [4.69, 9.17) is 4.74 Å². The van der Waals surface area contributed by atoms with Gasteiger partial charge in [0, 0.05) is 0 Å². The van der Waals surface area contributed by atoms with E-state index < -0.39 is 27.7 Å². The topological polar surface area (TPSA) is 116 Å². The van der Waals surface area contributed by atoms with Gasteiger partial charge in [0.15, 0.2) is 5.75 Å². The van der Waals surface area contributed by atoms with Crippen LogP contribution >= 0.6 is 0 Å². The molecule has 0 amide bonds. The first-order valence-electron chi connectivity index (χ1n) is 10.5. The maximum Gasteiger partial charge on any atom is 0.343 e. The van der Waals surface area contributed by atoms with Gasteiger partial charge in [-0.15, -0.1) is 0 Å². The van der Waals surface area contributed by atoms with Gasteiger partial charge in [-0.2, -0.15) is 8.42 Å². The first kappa shape index (κ1) is 23.3. The summed E-state index contributed by atoms with van der Waals surface area (Å²) in [4.78, 5) is 12.7. The summed E-state index contributed by atoms with van der Waals surface area (Å²) in [5.41, 5.74) is 0.383. The first-order valence-corrected chi connectivity index (χ1v) is 11.9. The summed E-state index contributed by atoms with van der Waals surface area (Å²) in [6, 6.07) is 17.0. The average molecular weight is 481 g/mol. The highest BCUT2D eigenvalue weighted by Crippen LogP contribution is 2.37. The number of anilines is 1. The Labute approximate surface area is 197 Å². The maximum atomic E-state index is 12.7. The Balaban J connectivity index is 1.78. The molecule has 4 rings (SSSR count). The summed E-state index contributed by atoms with van der Waals surface area (Å²) in [5, 5.41) is 21.1. The first-order chi connectivity index (χ1) is 16.0. The number of hydrogen-bond donors (Lipinski definition) is 3. The summed E-state index contributed by atoms with van der Waals surface area (Å²) in [6.07, 6.45) is 5.18. The van der Waals surface area contributed by atoms with Crippen LogP contribution in [0.5, 0.6) is 5.75 Å². The molecule has 3 aromatic carbocycles. The fourth-order valence-electron chi connectivity index (χ4n) is 3.44. The lowest BCUT2D eigenvalue weighted by Gasteiger charge is -2.19. The van der Waals surface area contributed by atoms with Crippen LogP contribution in [0.15, 0.2) is 78.8 Å². The number of nitrogens with zero attached hydrogens (tertiary/aromatic N) is 1. The van der Waals surface area contributed by atoms with Crippen molar-refractivity contribution in [2.45, 2.75) is 25.9 Å². The number of nitrogens with one attached hydrogen (secondary N) is 1. The van der Waals surface area contributed by atoms with Crippen LogP contribution in [0.3, 0.4) is 0 Å².